The molecule has 302 valence electrons. The molecule has 2 atom stereocenters. The molecule has 0 bridgehead atoms. The van der Waals surface area contributed by atoms with Crippen LogP contribution in [0.1, 0.15) is 78.7 Å². The van der Waals surface area contributed by atoms with Crippen molar-refractivity contribution in [3.8, 4) is 23.0 Å². The Balaban J connectivity index is 0.000000220. The number of benzene rings is 3. The first-order chi connectivity index (χ1) is 27.0. The average Bonchev–Trinajstić information content (AvgIpc) is 3.67. The summed E-state index contributed by atoms with van der Waals surface area (Å²) in [4.78, 5) is 31.7. The van der Waals surface area contributed by atoms with Crippen LogP contribution in [-0.2, 0) is 16.0 Å². The van der Waals surface area contributed by atoms with Gasteiger partial charge in [-0.1, -0.05) is 19.9 Å². The largest absolute Gasteiger partial charge is 0.489 e. The number of carbonyl (C=O) groups excluding carboxylic acids is 2. The lowest BCUT2D eigenvalue weighted by Gasteiger charge is -2.23. The minimum atomic E-state index is -0.533. The number of primary amides is 2. The van der Waals surface area contributed by atoms with E-state index < -0.39 is 11.8 Å². The summed E-state index contributed by atoms with van der Waals surface area (Å²) in [6.07, 6.45) is 6.39. The van der Waals surface area contributed by atoms with Crippen molar-refractivity contribution in [1.29, 1.82) is 0 Å². The fourth-order valence-electron chi connectivity index (χ4n) is 5.89. The summed E-state index contributed by atoms with van der Waals surface area (Å²) in [5, 5.41) is 6.07. The molecule has 3 heterocycles. The number of nitrogens with zero attached hydrogens (tertiary/aromatic N) is 2. The Kier molecular flexibility index (Phi) is 15.4. The Morgan fingerprint density at radius 1 is 0.714 bits per heavy atom. The summed E-state index contributed by atoms with van der Waals surface area (Å²) >= 11 is 0. The van der Waals surface area contributed by atoms with Gasteiger partial charge >= 0.3 is 0 Å². The number of nitrogens with one attached hydrogen (secondary N) is 2. The molecule has 16 heteroatoms. The van der Waals surface area contributed by atoms with Crippen LogP contribution in [-0.4, -0.2) is 75.7 Å². The number of ether oxygens (including phenoxy) is 6. The van der Waals surface area contributed by atoms with E-state index in [2.05, 4.69) is 34.5 Å². The van der Waals surface area contributed by atoms with Gasteiger partial charge in [-0.3, -0.25) is 14.6 Å². The predicted molar refractivity (Wildman–Crippen MR) is 215 cm³/mol. The van der Waals surface area contributed by atoms with Gasteiger partial charge < -0.3 is 62.0 Å². The van der Waals surface area contributed by atoms with Crippen molar-refractivity contribution < 1.29 is 38.0 Å². The Hall–Kier alpha value is -5.74. The second-order valence-corrected chi connectivity index (χ2v) is 14.0. The van der Waals surface area contributed by atoms with Gasteiger partial charge in [0.25, 0.3) is 0 Å². The maximum absolute atomic E-state index is 11.6. The number of carbonyl (C=O) groups is 2. The van der Waals surface area contributed by atoms with Crippen molar-refractivity contribution >= 4 is 35.1 Å². The summed E-state index contributed by atoms with van der Waals surface area (Å²) in [6.45, 7) is 7.64. The van der Waals surface area contributed by atoms with E-state index >= 15 is 0 Å². The van der Waals surface area contributed by atoms with Crippen molar-refractivity contribution in [1.82, 2.24) is 0 Å². The van der Waals surface area contributed by atoms with Crippen molar-refractivity contribution in [3.05, 3.63) is 71.3 Å². The number of fused-ring (bicyclic) bond motifs is 1. The summed E-state index contributed by atoms with van der Waals surface area (Å²) in [7, 11) is 0. The van der Waals surface area contributed by atoms with Crippen LogP contribution >= 0.6 is 0 Å². The molecule has 10 N–H and O–H groups in total. The van der Waals surface area contributed by atoms with Gasteiger partial charge in [0.2, 0.25) is 18.6 Å². The minimum Gasteiger partial charge on any atom is -0.489 e. The molecular weight excluding hydrogens is 720 g/mol. The van der Waals surface area contributed by atoms with E-state index in [4.69, 9.17) is 51.4 Å². The van der Waals surface area contributed by atoms with Crippen LogP contribution < -0.4 is 52.5 Å². The van der Waals surface area contributed by atoms with Crippen molar-refractivity contribution in [2.45, 2.75) is 71.1 Å². The molecule has 3 aromatic rings. The van der Waals surface area contributed by atoms with Gasteiger partial charge in [-0.15, -0.1) is 0 Å². The summed E-state index contributed by atoms with van der Waals surface area (Å²) in [5.74, 6) is 2.28. The number of hydrogen-bond donors (Lipinski definition) is 6. The molecule has 56 heavy (non-hydrogen) atoms. The number of amides is 2. The van der Waals surface area contributed by atoms with Crippen LogP contribution in [0.2, 0.25) is 0 Å². The molecule has 2 amide bonds. The van der Waals surface area contributed by atoms with Gasteiger partial charge in [0, 0.05) is 30.9 Å². The smallest absolute Gasteiger partial charge is 0.248 e. The number of hydrogen-bond acceptors (Lipinski definition) is 10. The van der Waals surface area contributed by atoms with E-state index in [9.17, 15) is 9.59 Å². The molecule has 2 saturated heterocycles. The van der Waals surface area contributed by atoms with E-state index in [0.29, 0.717) is 77.9 Å². The summed E-state index contributed by atoms with van der Waals surface area (Å²) < 4.78 is 33.9. The third-order valence-corrected chi connectivity index (χ3v) is 8.95. The van der Waals surface area contributed by atoms with Gasteiger partial charge in [0.15, 0.2) is 23.4 Å². The maximum atomic E-state index is 11.6. The molecule has 0 aromatic heterocycles. The first-order valence-corrected chi connectivity index (χ1v) is 18.9. The van der Waals surface area contributed by atoms with Crippen LogP contribution in [0.3, 0.4) is 0 Å². The topological polar surface area (TPSA) is 242 Å². The van der Waals surface area contributed by atoms with E-state index in [1.165, 1.54) is 0 Å². The third kappa shape index (κ3) is 12.9. The Bertz CT molecular complexity index is 1840. The van der Waals surface area contributed by atoms with E-state index in [1.54, 1.807) is 36.4 Å². The highest BCUT2D eigenvalue weighted by Gasteiger charge is 2.19. The number of anilines is 2. The zero-order chi connectivity index (χ0) is 39.9. The predicted octanol–water partition coefficient (Wildman–Crippen LogP) is 4.50. The maximum Gasteiger partial charge on any atom is 0.248 e. The van der Waals surface area contributed by atoms with Crippen LogP contribution in [0.4, 0.5) is 11.4 Å². The first-order valence-electron chi connectivity index (χ1n) is 18.9. The molecular formula is C40H54N8O8. The fourth-order valence-corrected chi connectivity index (χ4v) is 5.89. The van der Waals surface area contributed by atoms with Crippen LogP contribution in [0, 0.1) is 5.92 Å². The second-order valence-electron chi connectivity index (χ2n) is 14.0. The number of rotatable bonds is 14. The molecule has 0 spiro atoms. The zero-order valence-electron chi connectivity index (χ0n) is 32.1. The highest BCUT2D eigenvalue weighted by atomic mass is 16.7. The lowest BCUT2D eigenvalue weighted by molar-refractivity contribution is -0.0109. The normalized spacial score (nSPS) is 18.1. The number of guanidine groups is 2. The van der Waals surface area contributed by atoms with Gasteiger partial charge in [0.1, 0.15) is 24.7 Å². The second kappa shape index (κ2) is 20.8. The molecule has 0 radical (unpaired) electrons. The third-order valence-electron chi connectivity index (χ3n) is 8.95. The van der Waals surface area contributed by atoms with Gasteiger partial charge in [0.05, 0.1) is 30.1 Å². The highest BCUT2D eigenvalue weighted by molar-refractivity contribution is 5.98. The van der Waals surface area contributed by atoms with Crippen molar-refractivity contribution in [2.24, 2.45) is 38.8 Å². The van der Waals surface area contributed by atoms with Gasteiger partial charge in [-0.25, -0.2) is 4.99 Å². The molecule has 3 aliphatic rings. The van der Waals surface area contributed by atoms with E-state index in [-0.39, 0.29) is 25.0 Å². The number of aliphatic imine (C=N–C) groups is 2. The monoisotopic (exact) mass is 774 g/mol. The van der Waals surface area contributed by atoms with E-state index in [0.717, 1.165) is 63.1 Å². The molecule has 0 aliphatic carbocycles. The highest BCUT2D eigenvalue weighted by Crippen LogP contribution is 2.33. The molecule has 6 rings (SSSR count). The van der Waals surface area contributed by atoms with E-state index in [1.807, 2.05) is 18.2 Å². The standard InChI is InChI=1S/C22H26N4O5.C18H28N4O3/c23-21(27)15-5-6-17(19(10-15)29-12-16-3-1-2-8-28-16)26-22(24)25-11-14-4-7-18-20(9-14)31-13-30-18;1-12(2)10-21-18(20)22-15-7-6-13(17(19)23)9-16(15)25-11-14-5-3-4-8-24-14/h4-7,9-10,16H,1-3,8,11-13H2,(H2,23,27)(H3,24,25,26);6-7,9,12,14H,3-5,8,10-11H2,1-2H3,(H2,19,23)(H3,20,21,22). The fraction of sp³-hybridized carbons (Fsp3) is 0.450. The molecule has 2 unspecified atom stereocenters. The van der Waals surface area contributed by atoms with Gasteiger partial charge in [-0.05, 0) is 98.5 Å². The molecule has 3 aromatic carbocycles. The molecule has 0 saturated carbocycles. The molecule has 2 fully saturated rings. The lowest BCUT2D eigenvalue weighted by atomic mass is 10.1. The summed E-state index contributed by atoms with van der Waals surface area (Å²) in [6, 6.07) is 15.5. The molecule has 3 aliphatic heterocycles. The van der Waals surface area contributed by atoms with Crippen molar-refractivity contribution in [2.75, 3.05) is 50.4 Å². The quantitative estimate of drug-likeness (QED) is 0.0980. The van der Waals surface area contributed by atoms with Crippen molar-refractivity contribution in [3.63, 3.8) is 0 Å². The Morgan fingerprint density at radius 2 is 1.25 bits per heavy atom. The van der Waals surface area contributed by atoms with Gasteiger partial charge in [-0.2, -0.15) is 0 Å². The van der Waals surface area contributed by atoms with Crippen LogP contribution in [0.15, 0.2) is 64.6 Å². The lowest BCUT2D eigenvalue weighted by Crippen LogP contribution is -2.27. The Labute approximate surface area is 327 Å². The van der Waals surface area contributed by atoms with Crippen LogP contribution in [0.25, 0.3) is 0 Å². The van der Waals surface area contributed by atoms with Crippen LogP contribution in [0.5, 0.6) is 23.0 Å². The SMILES string of the molecule is CC(C)CN=C(N)Nc1ccc(C(N)=O)cc1OCC1CCCCO1.NC(=O)c1ccc(NC(N)=NCc2ccc3c(c2)OCO3)c(OCC2CCCCO2)c1. The minimum absolute atomic E-state index is 0.0239. The first kappa shape index (κ1) is 41.4. The zero-order valence-corrected chi connectivity index (χ0v) is 32.1. The molecule has 16 nitrogen and oxygen atoms in total. The Morgan fingerprint density at radius 3 is 1.75 bits per heavy atom. The average molecular weight is 775 g/mol. The number of nitrogens with two attached hydrogens (primary N) is 4. The summed E-state index contributed by atoms with van der Waals surface area (Å²) in [5.41, 5.74) is 25.7.